The van der Waals surface area contributed by atoms with Crippen LogP contribution in [0.1, 0.15) is 349 Å². The first-order valence-electron chi connectivity index (χ1n) is 35.3. The maximum absolute atomic E-state index is 13.0. The molecule has 19 heteroatoms. The first kappa shape index (κ1) is 84.1. The molecule has 0 amide bonds. The lowest BCUT2D eigenvalue weighted by Gasteiger charge is -2.21. The van der Waals surface area contributed by atoms with Crippen LogP contribution in [0.25, 0.3) is 0 Å². The Hall–Kier alpha value is -1.94. The topological polar surface area (TPSA) is 237 Å². The molecule has 0 saturated heterocycles. The van der Waals surface area contributed by atoms with Gasteiger partial charge in [0.2, 0.25) is 0 Å². The van der Waals surface area contributed by atoms with Gasteiger partial charge in [0.15, 0.2) is 12.2 Å². The van der Waals surface area contributed by atoms with E-state index in [0.29, 0.717) is 25.7 Å². The molecule has 0 spiro atoms. The van der Waals surface area contributed by atoms with E-state index in [9.17, 15) is 43.2 Å². The molecule has 0 aromatic rings. The number of carbonyl (C=O) groups excluding carboxylic acids is 4. The Bertz CT molecular complexity index is 1650. The Morgan fingerprint density at radius 2 is 0.465 bits per heavy atom. The number of carbonyl (C=O) groups is 4. The third kappa shape index (κ3) is 60.9. The highest BCUT2D eigenvalue weighted by atomic mass is 31.2. The summed E-state index contributed by atoms with van der Waals surface area (Å²) in [4.78, 5) is 72.0. The number of hydrogen-bond acceptors (Lipinski definition) is 15. The number of ether oxygens (including phenoxy) is 4. The van der Waals surface area contributed by atoms with E-state index in [1.807, 2.05) is 0 Å². The second kappa shape index (κ2) is 61.9. The van der Waals surface area contributed by atoms with E-state index in [0.717, 1.165) is 103 Å². The number of esters is 4. The molecule has 0 aliphatic rings. The van der Waals surface area contributed by atoms with Gasteiger partial charge in [-0.3, -0.25) is 37.3 Å². The summed E-state index contributed by atoms with van der Waals surface area (Å²) in [6.45, 7) is 4.81. The van der Waals surface area contributed by atoms with E-state index < -0.39 is 97.5 Å². The average molecular weight is 1270 g/mol. The van der Waals surface area contributed by atoms with Crippen molar-refractivity contribution in [3.63, 3.8) is 0 Å². The lowest BCUT2D eigenvalue weighted by atomic mass is 10.0. The summed E-state index contributed by atoms with van der Waals surface area (Å²) in [5.41, 5.74) is 0. The zero-order valence-corrected chi connectivity index (χ0v) is 57.1. The molecule has 2 unspecified atom stereocenters. The van der Waals surface area contributed by atoms with Crippen molar-refractivity contribution < 1.29 is 80.2 Å². The molecule has 0 fully saturated rings. The van der Waals surface area contributed by atoms with Crippen molar-refractivity contribution in [2.45, 2.75) is 367 Å². The van der Waals surface area contributed by atoms with Gasteiger partial charge in [-0.2, -0.15) is 0 Å². The fourth-order valence-electron chi connectivity index (χ4n) is 10.2. The van der Waals surface area contributed by atoms with Crippen molar-refractivity contribution in [3.8, 4) is 0 Å². The highest BCUT2D eigenvalue weighted by Crippen LogP contribution is 2.45. The first-order valence-corrected chi connectivity index (χ1v) is 38.3. The maximum Gasteiger partial charge on any atom is 0.472 e. The summed E-state index contributed by atoms with van der Waals surface area (Å²) in [5.74, 6) is -2.14. The minimum Gasteiger partial charge on any atom is -0.462 e. The van der Waals surface area contributed by atoms with Crippen molar-refractivity contribution in [1.82, 2.24) is 0 Å². The second-order valence-electron chi connectivity index (χ2n) is 24.2. The number of unbranched alkanes of at least 4 members (excludes halogenated alkanes) is 42. The molecule has 510 valence electrons. The largest absolute Gasteiger partial charge is 0.472 e. The van der Waals surface area contributed by atoms with Gasteiger partial charge in [0.1, 0.15) is 19.3 Å². The Morgan fingerprint density at radius 3 is 0.686 bits per heavy atom. The van der Waals surface area contributed by atoms with Crippen LogP contribution in [0.5, 0.6) is 0 Å². The zero-order chi connectivity index (χ0) is 63.3. The fourth-order valence-corrected chi connectivity index (χ4v) is 11.7. The van der Waals surface area contributed by atoms with Crippen LogP contribution in [-0.4, -0.2) is 96.7 Å². The molecule has 0 aromatic carbocycles. The number of phosphoric ester groups is 2. The average Bonchev–Trinajstić information content (AvgIpc) is 3.70. The molecule has 0 aliphatic heterocycles. The van der Waals surface area contributed by atoms with Crippen molar-refractivity contribution in [1.29, 1.82) is 0 Å². The minimum atomic E-state index is -4.95. The summed E-state index contributed by atoms with van der Waals surface area (Å²) in [6, 6.07) is 0. The van der Waals surface area contributed by atoms with Crippen LogP contribution in [0.4, 0.5) is 0 Å². The van der Waals surface area contributed by atoms with Gasteiger partial charge in [-0.15, -0.1) is 0 Å². The van der Waals surface area contributed by atoms with E-state index in [-0.39, 0.29) is 25.7 Å². The number of phosphoric acid groups is 2. The Balaban J connectivity index is 5.11. The predicted molar refractivity (Wildman–Crippen MR) is 345 cm³/mol. The Kier molecular flexibility index (Phi) is 60.5. The summed E-state index contributed by atoms with van der Waals surface area (Å²) >= 11 is 0. The van der Waals surface area contributed by atoms with E-state index in [2.05, 4.69) is 27.7 Å². The van der Waals surface area contributed by atoms with E-state index in [1.54, 1.807) is 0 Å². The molecule has 0 bridgehead atoms. The van der Waals surface area contributed by atoms with Crippen molar-refractivity contribution >= 4 is 39.5 Å². The standard InChI is InChI=1S/C67H130O17P2/c1-5-9-13-17-20-23-25-27-29-30-31-32-33-35-37-39-42-46-50-54-67(72)84-63(58-78-65(70)52-48-44-41-38-36-34-28-26-24-21-18-14-10-6-2)60-82-86(75,76)80-56-61(68)55-79-85(73,74)81-59-62(57-77-64(69)51-47-43-16-12-8-4)83-66(71)53-49-45-40-22-19-15-11-7-3/h61-63,68H,5-60H2,1-4H3,(H,73,74)(H,75,76)/t61-,62+,63+/m0/s1. The molecule has 0 rings (SSSR count). The normalized spacial score (nSPS) is 14.1. The fraction of sp³-hybridized carbons (Fsp3) is 0.940. The Labute approximate surface area is 524 Å². The van der Waals surface area contributed by atoms with Crippen LogP contribution in [0.15, 0.2) is 0 Å². The van der Waals surface area contributed by atoms with Crippen molar-refractivity contribution in [3.05, 3.63) is 0 Å². The number of aliphatic hydroxyl groups is 1. The molecule has 0 heterocycles. The number of hydrogen-bond donors (Lipinski definition) is 3. The van der Waals surface area contributed by atoms with Crippen LogP contribution >= 0.6 is 15.6 Å². The second-order valence-corrected chi connectivity index (χ2v) is 27.1. The summed E-state index contributed by atoms with van der Waals surface area (Å²) < 4.78 is 67.9. The highest BCUT2D eigenvalue weighted by molar-refractivity contribution is 7.47. The van der Waals surface area contributed by atoms with Gasteiger partial charge >= 0.3 is 39.5 Å². The van der Waals surface area contributed by atoms with Crippen LogP contribution < -0.4 is 0 Å². The van der Waals surface area contributed by atoms with Gasteiger partial charge in [-0.1, -0.05) is 297 Å². The molecular formula is C67H130O17P2. The summed E-state index contributed by atoms with van der Waals surface area (Å²) in [7, 11) is -9.88. The monoisotopic (exact) mass is 1270 g/mol. The van der Waals surface area contributed by atoms with Gasteiger partial charge < -0.3 is 33.8 Å². The van der Waals surface area contributed by atoms with Gasteiger partial charge in [0.05, 0.1) is 26.4 Å². The van der Waals surface area contributed by atoms with E-state index in [4.69, 9.17) is 37.0 Å². The zero-order valence-electron chi connectivity index (χ0n) is 55.3. The van der Waals surface area contributed by atoms with Gasteiger partial charge in [0, 0.05) is 25.7 Å². The minimum absolute atomic E-state index is 0.104. The maximum atomic E-state index is 13.0. The SMILES string of the molecule is CCCCCCCCCCCCCCCCCCCCCC(=O)O[C@H](COC(=O)CCCCCCCCCCCCCCCC)COP(=O)(O)OC[C@@H](O)COP(=O)(O)OC[C@@H](COC(=O)CCCCCCC)OC(=O)CCCCCCCCCC. The molecule has 0 radical (unpaired) electrons. The smallest absolute Gasteiger partial charge is 0.462 e. The van der Waals surface area contributed by atoms with Crippen molar-refractivity contribution in [2.24, 2.45) is 0 Å². The lowest BCUT2D eigenvalue weighted by molar-refractivity contribution is -0.161. The van der Waals surface area contributed by atoms with Gasteiger partial charge in [-0.25, -0.2) is 9.13 Å². The third-order valence-electron chi connectivity index (χ3n) is 15.6. The summed E-state index contributed by atoms with van der Waals surface area (Å²) in [5, 5.41) is 10.5. The van der Waals surface area contributed by atoms with Crippen LogP contribution in [0.3, 0.4) is 0 Å². The Morgan fingerprint density at radius 1 is 0.279 bits per heavy atom. The van der Waals surface area contributed by atoms with Crippen LogP contribution in [0, 0.1) is 0 Å². The highest BCUT2D eigenvalue weighted by Gasteiger charge is 2.30. The predicted octanol–water partition coefficient (Wildman–Crippen LogP) is 19.1. The van der Waals surface area contributed by atoms with Crippen LogP contribution in [-0.2, 0) is 65.4 Å². The quantitative estimate of drug-likeness (QED) is 0.0222. The molecule has 0 aromatic heterocycles. The molecule has 3 N–H and O–H groups in total. The third-order valence-corrected chi connectivity index (χ3v) is 17.5. The van der Waals surface area contributed by atoms with E-state index >= 15 is 0 Å². The van der Waals surface area contributed by atoms with E-state index in [1.165, 1.54) is 167 Å². The van der Waals surface area contributed by atoms with Gasteiger partial charge in [0.25, 0.3) is 0 Å². The molecule has 0 saturated carbocycles. The van der Waals surface area contributed by atoms with Gasteiger partial charge in [-0.05, 0) is 25.7 Å². The lowest BCUT2D eigenvalue weighted by Crippen LogP contribution is -2.30. The molecular weight excluding hydrogens is 1140 g/mol. The molecule has 86 heavy (non-hydrogen) atoms. The molecule has 5 atom stereocenters. The first-order chi connectivity index (χ1) is 41.7. The molecule has 17 nitrogen and oxygen atoms in total. The number of rotatable bonds is 68. The van der Waals surface area contributed by atoms with Crippen LogP contribution in [0.2, 0.25) is 0 Å². The summed E-state index contributed by atoms with van der Waals surface area (Å²) in [6.07, 6.45) is 49.1. The molecule has 0 aliphatic carbocycles. The number of aliphatic hydroxyl groups excluding tert-OH is 1. The van der Waals surface area contributed by atoms with Crippen molar-refractivity contribution in [2.75, 3.05) is 39.6 Å².